The van der Waals surface area contributed by atoms with Crippen molar-refractivity contribution in [2.75, 3.05) is 36.5 Å². The summed E-state index contributed by atoms with van der Waals surface area (Å²) in [4.78, 5) is 14.9. The summed E-state index contributed by atoms with van der Waals surface area (Å²) in [5.74, 6) is 1.86. The van der Waals surface area contributed by atoms with Crippen LogP contribution < -0.4 is 25.0 Å². The Labute approximate surface area is 172 Å². The number of nitrogens with zero attached hydrogens (tertiary/aromatic N) is 1. The minimum absolute atomic E-state index is 0.216. The van der Waals surface area contributed by atoms with E-state index in [0.29, 0.717) is 19.8 Å². The van der Waals surface area contributed by atoms with Crippen LogP contribution in [0.4, 0.5) is 16.2 Å². The molecule has 0 spiro atoms. The Balaban J connectivity index is 1.44. The zero-order valence-corrected chi connectivity index (χ0v) is 17.4. The van der Waals surface area contributed by atoms with Crippen LogP contribution in [0.5, 0.6) is 11.5 Å². The Morgan fingerprint density at radius 2 is 1.90 bits per heavy atom. The molecule has 154 valence electrons. The summed E-state index contributed by atoms with van der Waals surface area (Å²) in [5.41, 5.74) is 6.42. The first-order valence-corrected chi connectivity index (χ1v) is 10.4. The predicted molar refractivity (Wildman–Crippen MR) is 115 cm³/mol. The van der Waals surface area contributed by atoms with Crippen LogP contribution in [-0.2, 0) is 19.4 Å². The number of hydrogen-bond acceptors (Lipinski definition) is 4. The number of ether oxygens (including phenoxy) is 2. The number of rotatable bonds is 6. The number of urea groups is 1. The van der Waals surface area contributed by atoms with Crippen molar-refractivity contribution in [1.82, 2.24) is 5.32 Å². The van der Waals surface area contributed by atoms with Gasteiger partial charge in [-0.1, -0.05) is 0 Å². The highest BCUT2D eigenvalue weighted by Gasteiger charge is 2.26. The number of fused-ring (bicyclic) bond motifs is 2. The molecule has 0 fully saturated rings. The summed E-state index contributed by atoms with van der Waals surface area (Å²) in [7, 11) is 0. The van der Waals surface area contributed by atoms with Gasteiger partial charge in [0.05, 0.1) is 13.2 Å². The molecule has 2 heterocycles. The van der Waals surface area contributed by atoms with Gasteiger partial charge in [0.1, 0.15) is 11.5 Å². The molecule has 2 N–H and O–H groups in total. The quantitative estimate of drug-likeness (QED) is 0.775. The maximum absolute atomic E-state index is 12.6. The van der Waals surface area contributed by atoms with Crippen molar-refractivity contribution >= 4 is 17.4 Å². The molecule has 0 radical (unpaired) electrons. The van der Waals surface area contributed by atoms with E-state index in [4.69, 9.17) is 9.47 Å². The molecule has 2 aliphatic rings. The minimum Gasteiger partial charge on any atom is -0.493 e. The van der Waals surface area contributed by atoms with Gasteiger partial charge in [-0.25, -0.2) is 4.79 Å². The molecular formula is C23H29N3O3. The highest BCUT2D eigenvalue weighted by molar-refractivity contribution is 5.90. The van der Waals surface area contributed by atoms with Gasteiger partial charge in [-0.2, -0.15) is 0 Å². The summed E-state index contributed by atoms with van der Waals surface area (Å²) in [6, 6.07) is 8.02. The maximum atomic E-state index is 12.6. The van der Waals surface area contributed by atoms with Gasteiger partial charge in [0, 0.05) is 60.5 Å². The van der Waals surface area contributed by atoms with E-state index < -0.39 is 0 Å². The third kappa shape index (κ3) is 3.84. The minimum atomic E-state index is -0.216. The fraction of sp³-hybridized carbons (Fsp3) is 0.435. The number of aryl methyl sites for hydroxylation is 1. The van der Waals surface area contributed by atoms with Crippen molar-refractivity contribution in [3.8, 4) is 11.5 Å². The summed E-state index contributed by atoms with van der Waals surface area (Å²) in [5, 5.41) is 5.98. The summed E-state index contributed by atoms with van der Waals surface area (Å²) < 4.78 is 11.6. The number of nitrogens with one attached hydrogen (secondary N) is 2. The zero-order chi connectivity index (χ0) is 20.4. The van der Waals surface area contributed by atoms with E-state index in [-0.39, 0.29) is 6.03 Å². The lowest BCUT2D eigenvalue weighted by Gasteiger charge is -2.22. The zero-order valence-electron chi connectivity index (χ0n) is 17.4. The molecule has 0 saturated heterocycles. The van der Waals surface area contributed by atoms with Gasteiger partial charge in [0.2, 0.25) is 0 Å². The standard InChI is InChI=1S/C23H29N3O3/c1-4-26(5-2)17-6-7-20(15(3)12-17)25-23(27)24-14-19-18-9-11-28-21(18)13-16-8-10-29-22(16)19/h6-7,12-13H,4-5,8-11,14H2,1-3H3,(H2,24,25,27). The molecule has 2 aromatic rings. The molecule has 0 aromatic heterocycles. The SMILES string of the molecule is CCN(CC)c1ccc(NC(=O)NCc2c3c(cc4c2OCC4)OCC3)c(C)c1. The first kappa shape index (κ1) is 19.4. The molecule has 0 atom stereocenters. The topological polar surface area (TPSA) is 62.8 Å². The number of benzene rings is 2. The lowest BCUT2D eigenvalue weighted by Crippen LogP contribution is -2.29. The number of anilines is 2. The van der Waals surface area contributed by atoms with Crippen LogP contribution in [-0.4, -0.2) is 32.3 Å². The smallest absolute Gasteiger partial charge is 0.319 e. The van der Waals surface area contributed by atoms with Crippen LogP contribution in [0.1, 0.15) is 36.1 Å². The first-order chi connectivity index (χ1) is 14.1. The van der Waals surface area contributed by atoms with Crippen molar-refractivity contribution in [3.05, 3.63) is 46.5 Å². The van der Waals surface area contributed by atoms with E-state index in [9.17, 15) is 4.79 Å². The molecular weight excluding hydrogens is 366 g/mol. The van der Waals surface area contributed by atoms with Gasteiger partial charge >= 0.3 is 6.03 Å². The Morgan fingerprint density at radius 3 is 2.66 bits per heavy atom. The average molecular weight is 396 g/mol. The summed E-state index contributed by atoms with van der Waals surface area (Å²) >= 11 is 0. The lowest BCUT2D eigenvalue weighted by atomic mass is 9.99. The van der Waals surface area contributed by atoms with E-state index in [1.807, 2.05) is 13.0 Å². The van der Waals surface area contributed by atoms with Gasteiger partial charge in [0.25, 0.3) is 0 Å². The average Bonchev–Trinajstić information content (AvgIpc) is 3.37. The van der Waals surface area contributed by atoms with Crippen LogP contribution in [0.15, 0.2) is 24.3 Å². The largest absolute Gasteiger partial charge is 0.493 e. The van der Waals surface area contributed by atoms with Crippen LogP contribution in [0.3, 0.4) is 0 Å². The number of carbonyl (C=O) groups excluding carboxylic acids is 1. The second-order valence-electron chi connectivity index (χ2n) is 7.50. The third-order valence-corrected chi connectivity index (χ3v) is 5.77. The molecule has 0 saturated carbocycles. The Bertz CT molecular complexity index is 890. The molecule has 0 unspecified atom stereocenters. The van der Waals surface area contributed by atoms with Gasteiger partial charge in [0.15, 0.2) is 0 Å². The predicted octanol–water partition coefficient (Wildman–Crippen LogP) is 4.03. The van der Waals surface area contributed by atoms with Crippen molar-refractivity contribution < 1.29 is 14.3 Å². The third-order valence-electron chi connectivity index (χ3n) is 5.77. The molecule has 29 heavy (non-hydrogen) atoms. The van der Waals surface area contributed by atoms with Gasteiger partial charge in [-0.3, -0.25) is 0 Å². The van der Waals surface area contributed by atoms with Crippen LogP contribution >= 0.6 is 0 Å². The molecule has 6 nitrogen and oxygen atoms in total. The van der Waals surface area contributed by atoms with E-state index >= 15 is 0 Å². The van der Waals surface area contributed by atoms with Gasteiger partial charge in [-0.05, 0) is 50.6 Å². The molecule has 2 aliphatic heterocycles. The van der Waals surface area contributed by atoms with Crippen LogP contribution in [0, 0.1) is 6.92 Å². The van der Waals surface area contributed by atoms with E-state index in [1.54, 1.807) is 0 Å². The highest BCUT2D eigenvalue weighted by Crippen LogP contribution is 2.40. The van der Waals surface area contributed by atoms with E-state index in [1.165, 1.54) is 11.3 Å². The van der Waals surface area contributed by atoms with Crippen molar-refractivity contribution in [2.45, 2.75) is 40.2 Å². The van der Waals surface area contributed by atoms with Crippen molar-refractivity contribution in [2.24, 2.45) is 0 Å². The van der Waals surface area contributed by atoms with Crippen molar-refractivity contribution in [3.63, 3.8) is 0 Å². The second kappa shape index (κ2) is 8.23. The fourth-order valence-electron chi connectivity index (χ4n) is 4.18. The molecule has 6 heteroatoms. The monoisotopic (exact) mass is 395 g/mol. The Morgan fingerprint density at radius 1 is 1.10 bits per heavy atom. The molecule has 0 aliphatic carbocycles. The first-order valence-electron chi connectivity index (χ1n) is 10.4. The van der Waals surface area contributed by atoms with E-state index in [2.05, 4.69) is 47.6 Å². The molecule has 0 bridgehead atoms. The van der Waals surface area contributed by atoms with Crippen molar-refractivity contribution in [1.29, 1.82) is 0 Å². The van der Waals surface area contributed by atoms with Gasteiger partial charge < -0.3 is 25.0 Å². The second-order valence-corrected chi connectivity index (χ2v) is 7.50. The van der Waals surface area contributed by atoms with Crippen LogP contribution in [0.2, 0.25) is 0 Å². The van der Waals surface area contributed by atoms with Crippen LogP contribution in [0.25, 0.3) is 0 Å². The number of carbonyl (C=O) groups is 1. The number of amides is 2. The fourth-order valence-corrected chi connectivity index (χ4v) is 4.18. The molecule has 2 aromatic carbocycles. The Hall–Kier alpha value is -2.89. The molecule has 4 rings (SSSR count). The lowest BCUT2D eigenvalue weighted by molar-refractivity contribution is 0.251. The normalized spacial score (nSPS) is 13.9. The highest BCUT2D eigenvalue weighted by atomic mass is 16.5. The maximum Gasteiger partial charge on any atom is 0.319 e. The summed E-state index contributed by atoms with van der Waals surface area (Å²) in [6.45, 7) is 10.0. The van der Waals surface area contributed by atoms with Gasteiger partial charge in [-0.15, -0.1) is 0 Å². The van der Waals surface area contributed by atoms with E-state index in [0.717, 1.165) is 59.8 Å². The number of hydrogen-bond donors (Lipinski definition) is 2. The summed E-state index contributed by atoms with van der Waals surface area (Å²) in [6.07, 6.45) is 1.75. The Kier molecular flexibility index (Phi) is 5.51. The molecule has 2 amide bonds.